The number of anilines is 1. The van der Waals surface area contributed by atoms with Gasteiger partial charge in [-0.2, -0.15) is 0 Å². The average Bonchev–Trinajstić information content (AvgIpc) is 2.69. The van der Waals surface area contributed by atoms with E-state index in [0.717, 1.165) is 10.3 Å². The van der Waals surface area contributed by atoms with Crippen molar-refractivity contribution in [3.8, 4) is 0 Å². The molecular weight excluding hydrogens is 300 g/mol. The largest absolute Gasteiger partial charge is 0.367 e. The molecule has 3 heteroatoms. The van der Waals surface area contributed by atoms with Crippen LogP contribution in [0.15, 0.2) is 34.9 Å². The van der Waals surface area contributed by atoms with Crippen molar-refractivity contribution in [3.05, 3.63) is 34.9 Å². The van der Waals surface area contributed by atoms with Crippen LogP contribution in [0.1, 0.15) is 38.5 Å². The molecule has 2 aromatic rings. The summed E-state index contributed by atoms with van der Waals surface area (Å²) in [5, 5.41) is 6.10. The zero-order chi connectivity index (χ0) is 13.1. The lowest BCUT2D eigenvalue weighted by atomic mass is 10.1. The number of halogens is 1. The van der Waals surface area contributed by atoms with Gasteiger partial charge < -0.3 is 5.32 Å². The van der Waals surface area contributed by atoms with Gasteiger partial charge in [0.05, 0.1) is 0 Å². The highest BCUT2D eigenvalue weighted by Gasteiger charge is 2.14. The highest BCUT2D eigenvalue weighted by molar-refractivity contribution is 9.10. The standard InChI is InChI=1S/C16H19BrN2/c17-15-9-5-8-14-13(15)10-11-18-16(14)19-12-6-3-1-2-4-7-12/h5,8-12H,1-4,6-7H2,(H,18,19). The highest BCUT2D eigenvalue weighted by atomic mass is 79.9. The van der Waals surface area contributed by atoms with Gasteiger partial charge in [-0.05, 0) is 25.0 Å². The van der Waals surface area contributed by atoms with Gasteiger partial charge in [-0.15, -0.1) is 0 Å². The molecule has 1 aromatic carbocycles. The third-order valence-corrected chi connectivity index (χ3v) is 4.64. The van der Waals surface area contributed by atoms with Crippen LogP contribution in [0.3, 0.4) is 0 Å². The Morgan fingerprint density at radius 2 is 1.79 bits per heavy atom. The van der Waals surface area contributed by atoms with Crippen LogP contribution in [-0.4, -0.2) is 11.0 Å². The molecule has 0 bridgehead atoms. The molecule has 3 rings (SSSR count). The number of hydrogen-bond donors (Lipinski definition) is 1. The molecule has 1 N–H and O–H groups in total. The summed E-state index contributed by atoms with van der Waals surface area (Å²) in [4.78, 5) is 4.54. The number of nitrogens with zero attached hydrogens (tertiary/aromatic N) is 1. The molecule has 100 valence electrons. The molecule has 1 fully saturated rings. The predicted molar refractivity (Wildman–Crippen MR) is 84.6 cm³/mol. The number of nitrogens with one attached hydrogen (secondary N) is 1. The first kappa shape index (κ1) is 12.9. The average molecular weight is 319 g/mol. The molecule has 0 radical (unpaired) electrons. The number of rotatable bonds is 2. The topological polar surface area (TPSA) is 24.9 Å². The van der Waals surface area contributed by atoms with E-state index in [1.165, 1.54) is 49.3 Å². The van der Waals surface area contributed by atoms with Crippen molar-refractivity contribution in [1.82, 2.24) is 4.98 Å². The highest BCUT2D eigenvalue weighted by Crippen LogP contribution is 2.29. The maximum Gasteiger partial charge on any atom is 0.134 e. The fourth-order valence-corrected chi connectivity index (χ4v) is 3.40. The van der Waals surface area contributed by atoms with Crippen molar-refractivity contribution < 1.29 is 0 Å². The molecule has 2 nitrogen and oxygen atoms in total. The van der Waals surface area contributed by atoms with E-state index in [4.69, 9.17) is 0 Å². The second kappa shape index (κ2) is 5.91. The van der Waals surface area contributed by atoms with Gasteiger partial charge in [0.25, 0.3) is 0 Å². The van der Waals surface area contributed by atoms with Crippen LogP contribution >= 0.6 is 15.9 Å². The number of fused-ring (bicyclic) bond motifs is 1. The molecule has 19 heavy (non-hydrogen) atoms. The molecule has 0 spiro atoms. The van der Waals surface area contributed by atoms with Crippen LogP contribution in [0.25, 0.3) is 10.8 Å². The molecule has 1 aromatic heterocycles. The molecular formula is C16H19BrN2. The van der Waals surface area contributed by atoms with Crippen molar-refractivity contribution in [2.75, 3.05) is 5.32 Å². The fourth-order valence-electron chi connectivity index (χ4n) is 2.90. The third-order valence-electron chi connectivity index (χ3n) is 3.95. The zero-order valence-corrected chi connectivity index (χ0v) is 12.6. The van der Waals surface area contributed by atoms with Crippen LogP contribution in [0.2, 0.25) is 0 Å². The van der Waals surface area contributed by atoms with Gasteiger partial charge in [0, 0.05) is 27.5 Å². The van der Waals surface area contributed by atoms with Gasteiger partial charge in [-0.25, -0.2) is 4.98 Å². The molecule has 1 saturated carbocycles. The molecule has 1 heterocycles. The SMILES string of the molecule is Brc1cccc2c(NC3CCCCCC3)nccc12. The minimum atomic E-state index is 0.583. The van der Waals surface area contributed by atoms with E-state index in [2.05, 4.69) is 50.5 Å². The van der Waals surface area contributed by atoms with E-state index in [1.807, 2.05) is 6.20 Å². The predicted octanol–water partition coefficient (Wildman–Crippen LogP) is 5.13. The summed E-state index contributed by atoms with van der Waals surface area (Å²) in [6, 6.07) is 8.95. The summed E-state index contributed by atoms with van der Waals surface area (Å²) in [6.07, 6.45) is 9.88. The maximum absolute atomic E-state index is 4.54. The Morgan fingerprint density at radius 1 is 1.00 bits per heavy atom. The molecule has 0 amide bonds. The van der Waals surface area contributed by atoms with E-state index in [9.17, 15) is 0 Å². The van der Waals surface area contributed by atoms with Gasteiger partial charge in [0.1, 0.15) is 5.82 Å². The van der Waals surface area contributed by atoms with Crippen LogP contribution in [0.5, 0.6) is 0 Å². The number of benzene rings is 1. The van der Waals surface area contributed by atoms with Gasteiger partial charge >= 0.3 is 0 Å². The minimum absolute atomic E-state index is 0.583. The first-order chi connectivity index (χ1) is 9.34. The lowest BCUT2D eigenvalue weighted by Crippen LogP contribution is -2.19. The Hall–Kier alpha value is -1.09. The molecule has 1 aliphatic rings. The van der Waals surface area contributed by atoms with Gasteiger partial charge in [-0.1, -0.05) is 53.7 Å². The van der Waals surface area contributed by atoms with Crippen molar-refractivity contribution in [2.45, 2.75) is 44.6 Å². The van der Waals surface area contributed by atoms with Gasteiger partial charge in [0.15, 0.2) is 0 Å². The maximum atomic E-state index is 4.54. The summed E-state index contributed by atoms with van der Waals surface area (Å²) in [6.45, 7) is 0. The van der Waals surface area contributed by atoms with E-state index in [0.29, 0.717) is 6.04 Å². The Morgan fingerprint density at radius 3 is 2.58 bits per heavy atom. The van der Waals surface area contributed by atoms with Crippen LogP contribution in [-0.2, 0) is 0 Å². The van der Waals surface area contributed by atoms with Crippen molar-refractivity contribution in [2.24, 2.45) is 0 Å². The molecule has 0 unspecified atom stereocenters. The molecule has 0 saturated heterocycles. The van der Waals surface area contributed by atoms with E-state index in [1.54, 1.807) is 0 Å². The van der Waals surface area contributed by atoms with Crippen LogP contribution < -0.4 is 5.32 Å². The van der Waals surface area contributed by atoms with Crippen molar-refractivity contribution in [1.29, 1.82) is 0 Å². The van der Waals surface area contributed by atoms with Crippen LogP contribution in [0, 0.1) is 0 Å². The Balaban J connectivity index is 1.90. The van der Waals surface area contributed by atoms with E-state index in [-0.39, 0.29) is 0 Å². The monoisotopic (exact) mass is 318 g/mol. The lowest BCUT2D eigenvalue weighted by Gasteiger charge is -2.18. The van der Waals surface area contributed by atoms with Crippen molar-refractivity contribution >= 4 is 32.5 Å². The summed E-state index contributed by atoms with van der Waals surface area (Å²) < 4.78 is 1.14. The van der Waals surface area contributed by atoms with Crippen LogP contribution in [0.4, 0.5) is 5.82 Å². The molecule has 0 atom stereocenters. The minimum Gasteiger partial charge on any atom is -0.367 e. The Labute approximate surface area is 122 Å². The third kappa shape index (κ3) is 2.92. The van der Waals surface area contributed by atoms with Crippen molar-refractivity contribution in [3.63, 3.8) is 0 Å². The number of hydrogen-bond acceptors (Lipinski definition) is 2. The smallest absolute Gasteiger partial charge is 0.134 e. The Bertz CT molecular complexity index is 560. The molecule has 1 aliphatic carbocycles. The fraction of sp³-hybridized carbons (Fsp3) is 0.438. The quantitative estimate of drug-likeness (QED) is 0.776. The second-order valence-electron chi connectivity index (χ2n) is 5.33. The zero-order valence-electron chi connectivity index (χ0n) is 11.0. The lowest BCUT2D eigenvalue weighted by molar-refractivity contribution is 0.618. The number of pyridine rings is 1. The van der Waals surface area contributed by atoms with Gasteiger partial charge in [-0.3, -0.25) is 0 Å². The summed E-state index contributed by atoms with van der Waals surface area (Å²) >= 11 is 3.61. The van der Waals surface area contributed by atoms with E-state index < -0.39 is 0 Å². The first-order valence-corrected chi connectivity index (χ1v) is 7.93. The summed E-state index contributed by atoms with van der Waals surface area (Å²) in [7, 11) is 0. The second-order valence-corrected chi connectivity index (χ2v) is 6.18. The number of aromatic nitrogens is 1. The summed E-state index contributed by atoms with van der Waals surface area (Å²) in [5.41, 5.74) is 0. The first-order valence-electron chi connectivity index (χ1n) is 7.14. The normalized spacial score (nSPS) is 17.3. The Kier molecular flexibility index (Phi) is 4.02. The van der Waals surface area contributed by atoms with Gasteiger partial charge in [0.2, 0.25) is 0 Å². The molecule has 0 aliphatic heterocycles. The van der Waals surface area contributed by atoms with E-state index >= 15 is 0 Å². The summed E-state index contributed by atoms with van der Waals surface area (Å²) in [5.74, 6) is 1.03.